The third-order valence-electron chi connectivity index (χ3n) is 2.88. The fourth-order valence-electron chi connectivity index (χ4n) is 1.87. The number of hydrogen-bond donors (Lipinski definition) is 1. The first-order valence-corrected chi connectivity index (χ1v) is 7.50. The lowest BCUT2D eigenvalue weighted by atomic mass is 10.2. The van der Waals surface area contributed by atoms with Crippen molar-refractivity contribution in [3.8, 4) is 5.75 Å². The number of rotatable bonds is 7. The average Bonchev–Trinajstić information content (AvgIpc) is 2.94. The zero-order valence-corrected chi connectivity index (χ0v) is 12.8. The summed E-state index contributed by atoms with van der Waals surface area (Å²) in [6, 6.07) is 4.99. The van der Waals surface area contributed by atoms with Crippen LogP contribution in [0, 0.1) is 10.1 Å². The molecule has 2 rings (SSSR count). The zero-order valence-electron chi connectivity index (χ0n) is 12.0. The Kier molecular flexibility index (Phi) is 5.24. The summed E-state index contributed by atoms with van der Waals surface area (Å²) in [7, 11) is 1.80. The van der Waals surface area contributed by atoms with Crippen molar-refractivity contribution >= 4 is 17.0 Å². The van der Waals surface area contributed by atoms with Crippen molar-refractivity contribution in [2.75, 3.05) is 7.05 Å². The van der Waals surface area contributed by atoms with Crippen LogP contribution in [0.5, 0.6) is 5.75 Å². The van der Waals surface area contributed by atoms with Gasteiger partial charge in [-0.25, -0.2) is 4.98 Å². The van der Waals surface area contributed by atoms with E-state index in [1.54, 1.807) is 24.5 Å². The molecular formula is C14H17N3O3S. The van der Waals surface area contributed by atoms with Gasteiger partial charge >= 0.3 is 5.69 Å². The van der Waals surface area contributed by atoms with Gasteiger partial charge in [-0.15, -0.1) is 11.3 Å². The predicted molar refractivity (Wildman–Crippen MR) is 81.7 cm³/mol. The zero-order chi connectivity index (χ0) is 15.2. The summed E-state index contributed by atoms with van der Waals surface area (Å²) in [5.41, 5.74) is 1.62. The summed E-state index contributed by atoms with van der Waals surface area (Å²) in [5.74, 6) is 0.269. The van der Waals surface area contributed by atoms with Crippen molar-refractivity contribution in [2.45, 2.75) is 26.5 Å². The summed E-state index contributed by atoms with van der Waals surface area (Å²) >= 11 is 1.57. The Morgan fingerprint density at radius 1 is 1.48 bits per heavy atom. The van der Waals surface area contributed by atoms with E-state index < -0.39 is 4.92 Å². The fraction of sp³-hybridized carbons (Fsp3) is 0.357. The first-order chi connectivity index (χ1) is 10.1. The first kappa shape index (κ1) is 15.4. The monoisotopic (exact) mass is 307 g/mol. The number of aryl methyl sites for hydroxylation is 1. The highest BCUT2D eigenvalue weighted by atomic mass is 32.1. The molecule has 1 aromatic carbocycles. The Bertz CT molecular complexity index is 628. The van der Waals surface area contributed by atoms with Gasteiger partial charge in [0.25, 0.3) is 0 Å². The van der Waals surface area contributed by atoms with E-state index in [0.29, 0.717) is 6.54 Å². The van der Waals surface area contributed by atoms with Gasteiger partial charge in [-0.1, -0.05) is 13.0 Å². The number of thiazole rings is 1. The number of nitro groups is 1. The molecule has 6 nitrogen and oxygen atoms in total. The maximum Gasteiger partial charge on any atom is 0.311 e. The van der Waals surface area contributed by atoms with Gasteiger partial charge in [-0.2, -0.15) is 0 Å². The van der Waals surface area contributed by atoms with Crippen molar-refractivity contribution in [2.24, 2.45) is 0 Å². The lowest BCUT2D eigenvalue weighted by Gasteiger charge is -2.07. The second kappa shape index (κ2) is 7.14. The van der Waals surface area contributed by atoms with Crippen LogP contribution in [0.3, 0.4) is 0 Å². The van der Waals surface area contributed by atoms with Crippen molar-refractivity contribution in [1.82, 2.24) is 10.3 Å². The molecule has 0 radical (unpaired) electrons. The molecule has 7 heteroatoms. The minimum Gasteiger partial charge on any atom is -0.480 e. The van der Waals surface area contributed by atoms with Crippen LogP contribution in [0.2, 0.25) is 0 Å². The Balaban J connectivity index is 2.13. The van der Waals surface area contributed by atoms with Gasteiger partial charge in [0.15, 0.2) is 5.75 Å². The molecule has 2 aromatic rings. The van der Waals surface area contributed by atoms with Crippen molar-refractivity contribution in [3.05, 3.63) is 50.0 Å². The molecule has 0 unspecified atom stereocenters. The molecular weight excluding hydrogens is 290 g/mol. The molecule has 0 fully saturated rings. The van der Waals surface area contributed by atoms with E-state index in [4.69, 9.17) is 4.74 Å². The van der Waals surface area contributed by atoms with Gasteiger partial charge < -0.3 is 10.1 Å². The molecule has 1 heterocycles. The average molecular weight is 307 g/mol. The molecule has 112 valence electrons. The number of nitrogens with one attached hydrogen (secondary N) is 1. The largest absolute Gasteiger partial charge is 0.480 e. The van der Waals surface area contributed by atoms with Crippen LogP contribution in [0.4, 0.5) is 5.69 Å². The van der Waals surface area contributed by atoms with Gasteiger partial charge in [0, 0.05) is 18.0 Å². The van der Waals surface area contributed by atoms with Gasteiger partial charge in [0.1, 0.15) is 6.61 Å². The highest BCUT2D eigenvalue weighted by Crippen LogP contribution is 2.28. The van der Waals surface area contributed by atoms with E-state index in [1.165, 1.54) is 6.07 Å². The summed E-state index contributed by atoms with van der Waals surface area (Å²) in [6.45, 7) is 2.85. The molecule has 1 aromatic heterocycles. The van der Waals surface area contributed by atoms with Crippen molar-refractivity contribution < 1.29 is 9.66 Å². The van der Waals surface area contributed by atoms with E-state index in [1.807, 2.05) is 18.4 Å². The number of nitro benzene ring substituents is 1. The minimum atomic E-state index is -0.424. The van der Waals surface area contributed by atoms with Crippen molar-refractivity contribution in [3.63, 3.8) is 0 Å². The van der Waals surface area contributed by atoms with Crippen LogP contribution >= 0.6 is 11.3 Å². The molecule has 0 aliphatic carbocycles. The first-order valence-electron chi connectivity index (χ1n) is 6.62. The van der Waals surface area contributed by atoms with Gasteiger partial charge in [-0.05, 0) is 25.1 Å². The normalized spacial score (nSPS) is 10.6. The lowest BCUT2D eigenvalue weighted by molar-refractivity contribution is -0.386. The Morgan fingerprint density at radius 3 is 2.90 bits per heavy atom. The summed E-state index contributed by atoms with van der Waals surface area (Å²) in [4.78, 5) is 15.1. The third kappa shape index (κ3) is 3.99. The number of hydrogen-bond acceptors (Lipinski definition) is 6. The number of ether oxygens (including phenoxy) is 1. The molecule has 0 atom stereocenters. The second-order valence-electron chi connectivity index (χ2n) is 4.46. The van der Waals surface area contributed by atoms with Gasteiger partial charge in [-0.3, -0.25) is 10.1 Å². The van der Waals surface area contributed by atoms with Crippen LogP contribution in [0.15, 0.2) is 23.6 Å². The Hall–Kier alpha value is -1.99. The molecule has 0 saturated carbocycles. The standard InChI is InChI=1S/C14H17N3O3S/c1-3-14-16-11(9-21-14)8-20-13-5-4-10(7-15-2)6-12(13)17(18)19/h4-6,9,15H,3,7-8H2,1-2H3. The number of benzene rings is 1. The smallest absolute Gasteiger partial charge is 0.311 e. The fourth-order valence-corrected chi connectivity index (χ4v) is 2.60. The van der Waals surface area contributed by atoms with Crippen LogP contribution in [-0.2, 0) is 19.6 Å². The topological polar surface area (TPSA) is 77.3 Å². The van der Waals surface area contributed by atoms with E-state index >= 15 is 0 Å². The highest BCUT2D eigenvalue weighted by Gasteiger charge is 2.16. The van der Waals surface area contributed by atoms with E-state index in [9.17, 15) is 10.1 Å². The highest BCUT2D eigenvalue weighted by molar-refractivity contribution is 7.09. The molecule has 0 amide bonds. The molecule has 21 heavy (non-hydrogen) atoms. The van der Waals surface area contributed by atoms with E-state index in [2.05, 4.69) is 10.3 Å². The van der Waals surface area contributed by atoms with Gasteiger partial charge in [0.05, 0.1) is 15.6 Å². The molecule has 1 N–H and O–H groups in total. The minimum absolute atomic E-state index is 0.0197. The number of nitrogens with zero attached hydrogens (tertiary/aromatic N) is 2. The SMILES string of the molecule is CCc1nc(COc2ccc(CNC)cc2[N+](=O)[O-])cs1. The second-order valence-corrected chi connectivity index (χ2v) is 5.41. The molecule has 0 bridgehead atoms. The Morgan fingerprint density at radius 2 is 2.29 bits per heavy atom. The maximum atomic E-state index is 11.1. The molecule has 0 spiro atoms. The Labute approximate surface area is 126 Å². The van der Waals surface area contributed by atoms with Crippen LogP contribution < -0.4 is 10.1 Å². The van der Waals surface area contributed by atoms with Crippen LogP contribution in [-0.4, -0.2) is 17.0 Å². The van der Waals surface area contributed by atoms with Crippen LogP contribution in [0.1, 0.15) is 23.2 Å². The predicted octanol–water partition coefficient (Wildman–Crippen LogP) is 2.91. The van der Waals surface area contributed by atoms with Crippen LogP contribution in [0.25, 0.3) is 0 Å². The molecule has 0 aliphatic rings. The van der Waals surface area contributed by atoms with E-state index in [-0.39, 0.29) is 18.0 Å². The summed E-state index contributed by atoms with van der Waals surface area (Å²) in [5, 5.41) is 17.0. The lowest BCUT2D eigenvalue weighted by Crippen LogP contribution is -2.06. The van der Waals surface area contributed by atoms with Crippen molar-refractivity contribution in [1.29, 1.82) is 0 Å². The molecule has 0 aliphatic heterocycles. The quantitative estimate of drug-likeness (QED) is 0.628. The molecule has 0 saturated heterocycles. The van der Waals surface area contributed by atoms with E-state index in [0.717, 1.165) is 22.7 Å². The summed E-state index contributed by atoms with van der Waals surface area (Å²) in [6.07, 6.45) is 0.879. The third-order valence-corrected chi connectivity index (χ3v) is 3.92. The van der Waals surface area contributed by atoms with Gasteiger partial charge in [0.2, 0.25) is 0 Å². The summed E-state index contributed by atoms with van der Waals surface area (Å²) < 4.78 is 5.56. The maximum absolute atomic E-state index is 11.1. The number of aromatic nitrogens is 1.